The van der Waals surface area contributed by atoms with E-state index < -0.39 is 11.7 Å². The maximum Gasteiger partial charge on any atom is 0.296 e. The van der Waals surface area contributed by atoms with Crippen LogP contribution in [0.2, 0.25) is 5.02 Å². The molecular formula is C8H4ClNO3. The van der Waals surface area contributed by atoms with Crippen molar-refractivity contribution in [1.82, 2.24) is 0 Å². The van der Waals surface area contributed by atoms with Crippen molar-refractivity contribution in [3.8, 4) is 5.75 Å². The molecule has 2 rings (SSSR count). The summed E-state index contributed by atoms with van der Waals surface area (Å²) < 4.78 is 0. The van der Waals surface area contributed by atoms with Gasteiger partial charge in [-0.2, -0.15) is 0 Å². The van der Waals surface area contributed by atoms with Gasteiger partial charge in [0.15, 0.2) is 0 Å². The molecule has 0 saturated heterocycles. The molecule has 0 atom stereocenters. The number of phenolic OH excluding ortho intramolecular Hbond substituents is 1. The number of hydrogen-bond donors (Lipinski definition) is 2. The number of amides is 1. The first-order valence-electron chi connectivity index (χ1n) is 3.48. The van der Waals surface area contributed by atoms with Crippen molar-refractivity contribution in [1.29, 1.82) is 0 Å². The van der Waals surface area contributed by atoms with Crippen molar-refractivity contribution in [2.45, 2.75) is 0 Å². The Kier molecular flexibility index (Phi) is 1.53. The van der Waals surface area contributed by atoms with Gasteiger partial charge in [-0.3, -0.25) is 9.59 Å². The number of carbonyl (C=O) groups excluding carboxylic acids is 2. The zero-order chi connectivity index (χ0) is 9.59. The summed E-state index contributed by atoms with van der Waals surface area (Å²) in [7, 11) is 0. The average molecular weight is 198 g/mol. The van der Waals surface area contributed by atoms with Gasteiger partial charge in [0.1, 0.15) is 5.75 Å². The van der Waals surface area contributed by atoms with Crippen LogP contribution in [0.15, 0.2) is 12.1 Å². The Hall–Kier alpha value is -1.55. The van der Waals surface area contributed by atoms with Gasteiger partial charge < -0.3 is 10.4 Å². The van der Waals surface area contributed by atoms with Gasteiger partial charge in [-0.15, -0.1) is 0 Å². The van der Waals surface area contributed by atoms with Crippen LogP contribution in [0.3, 0.4) is 0 Å². The highest BCUT2D eigenvalue weighted by atomic mass is 35.5. The quantitative estimate of drug-likeness (QED) is 0.485. The molecule has 0 unspecified atom stereocenters. The predicted octanol–water partition coefficient (Wildman–Crippen LogP) is 1.18. The van der Waals surface area contributed by atoms with Crippen LogP contribution in [0.4, 0.5) is 5.69 Å². The van der Waals surface area contributed by atoms with E-state index >= 15 is 0 Å². The Morgan fingerprint density at radius 2 is 2.00 bits per heavy atom. The van der Waals surface area contributed by atoms with Crippen LogP contribution in [0, 0.1) is 0 Å². The van der Waals surface area contributed by atoms with Crippen molar-refractivity contribution < 1.29 is 14.7 Å². The van der Waals surface area contributed by atoms with Crippen LogP contribution < -0.4 is 5.32 Å². The maximum absolute atomic E-state index is 11.1. The molecular weight excluding hydrogens is 194 g/mol. The van der Waals surface area contributed by atoms with Crippen LogP contribution in [0.25, 0.3) is 0 Å². The smallest absolute Gasteiger partial charge is 0.296 e. The molecule has 1 heterocycles. The lowest BCUT2D eigenvalue weighted by atomic mass is 10.1. The molecule has 1 amide bonds. The number of ketones is 1. The highest BCUT2D eigenvalue weighted by molar-refractivity contribution is 6.52. The number of benzene rings is 1. The van der Waals surface area contributed by atoms with Crippen molar-refractivity contribution >= 4 is 29.0 Å². The molecule has 0 spiro atoms. The van der Waals surface area contributed by atoms with Gasteiger partial charge in [0.2, 0.25) is 0 Å². The van der Waals surface area contributed by atoms with E-state index in [-0.39, 0.29) is 22.0 Å². The average Bonchev–Trinajstić information content (AvgIpc) is 2.32. The highest BCUT2D eigenvalue weighted by Crippen LogP contribution is 2.35. The SMILES string of the molecule is O=C1Nc2c(O)cc(Cl)cc2C1=O. The lowest BCUT2D eigenvalue weighted by molar-refractivity contribution is -0.112. The maximum atomic E-state index is 11.1. The molecule has 0 fully saturated rings. The third kappa shape index (κ3) is 1.07. The third-order valence-electron chi connectivity index (χ3n) is 1.77. The first-order valence-corrected chi connectivity index (χ1v) is 3.85. The summed E-state index contributed by atoms with van der Waals surface area (Å²) in [4.78, 5) is 22.0. The molecule has 0 radical (unpaired) electrons. The molecule has 1 aromatic carbocycles. The van der Waals surface area contributed by atoms with E-state index in [1.54, 1.807) is 0 Å². The molecule has 13 heavy (non-hydrogen) atoms. The molecule has 0 bridgehead atoms. The van der Waals surface area contributed by atoms with Gasteiger partial charge in [-0.05, 0) is 6.07 Å². The number of nitrogens with one attached hydrogen (secondary N) is 1. The van der Waals surface area contributed by atoms with Crippen LogP contribution in [-0.2, 0) is 4.79 Å². The number of phenols is 1. The highest BCUT2D eigenvalue weighted by Gasteiger charge is 2.30. The number of fused-ring (bicyclic) bond motifs is 1. The Labute approximate surface area is 78.1 Å². The number of rotatable bonds is 0. The first kappa shape index (κ1) is 8.07. The Morgan fingerprint density at radius 1 is 1.31 bits per heavy atom. The summed E-state index contributed by atoms with van der Waals surface area (Å²) in [6.45, 7) is 0. The van der Waals surface area contributed by atoms with Crippen LogP contribution >= 0.6 is 11.6 Å². The van der Waals surface area contributed by atoms with Crippen LogP contribution in [0.1, 0.15) is 10.4 Å². The second kappa shape index (κ2) is 2.47. The molecule has 1 aliphatic rings. The molecule has 0 aliphatic carbocycles. The Balaban J connectivity index is 2.70. The Morgan fingerprint density at radius 3 is 2.69 bits per heavy atom. The van der Waals surface area contributed by atoms with Gasteiger partial charge in [-0.25, -0.2) is 0 Å². The molecule has 1 aromatic rings. The monoisotopic (exact) mass is 197 g/mol. The normalized spacial score (nSPS) is 14.2. The first-order chi connectivity index (χ1) is 6.09. The minimum atomic E-state index is -0.743. The van der Waals surface area contributed by atoms with Gasteiger partial charge in [0, 0.05) is 11.1 Å². The topological polar surface area (TPSA) is 66.4 Å². The molecule has 0 aromatic heterocycles. The molecule has 4 nitrogen and oxygen atoms in total. The molecule has 2 N–H and O–H groups in total. The van der Waals surface area contributed by atoms with Crippen molar-refractivity contribution in [3.05, 3.63) is 22.7 Å². The second-order valence-corrected chi connectivity index (χ2v) is 3.07. The van der Waals surface area contributed by atoms with E-state index in [1.165, 1.54) is 12.1 Å². The largest absolute Gasteiger partial charge is 0.506 e. The standard InChI is InChI=1S/C8H4ClNO3/c9-3-1-4-6(5(11)2-3)10-8(13)7(4)12/h1-2,11H,(H,10,12,13). The van der Waals surface area contributed by atoms with Crippen molar-refractivity contribution in [3.63, 3.8) is 0 Å². The summed E-state index contributed by atoms with van der Waals surface area (Å²) in [5.74, 6) is -1.61. The minimum absolute atomic E-state index is 0.120. The number of hydrogen-bond acceptors (Lipinski definition) is 3. The van der Waals surface area contributed by atoms with Gasteiger partial charge in [-0.1, -0.05) is 11.6 Å². The number of halogens is 1. The Bertz CT molecular complexity index is 428. The van der Waals surface area contributed by atoms with E-state index in [2.05, 4.69) is 5.32 Å². The van der Waals surface area contributed by atoms with Crippen molar-refractivity contribution in [2.75, 3.05) is 5.32 Å². The molecule has 1 aliphatic heterocycles. The zero-order valence-corrected chi connectivity index (χ0v) is 7.05. The van der Waals surface area contributed by atoms with E-state index in [0.29, 0.717) is 0 Å². The van der Waals surface area contributed by atoms with E-state index in [1.807, 2.05) is 0 Å². The zero-order valence-electron chi connectivity index (χ0n) is 6.30. The minimum Gasteiger partial charge on any atom is -0.506 e. The van der Waals surface area contributed by atoms with Crippen LogP contribution in [0.5, 0.6) is 5.75 Å². The summed E-state index contributed by atoms with van der Waals surface area (Å²) in [6, 6.07) is 2.61. The summed E-state index contributed by atoms with van der Waals surface area (Å²) >= 11 is 5.59. The summed E-state index contributed by atoms with van der Waals surface area (Å²) in [5, 5.41) is 11.8. The lowest BCUT2D eigenvalue weighted by Crippen LogP contribution is -2.12. The van der Waals surface area contributed by atoms with Gasteiger partial charge in [0.05, 0.1) is 11.3 Å². The van der Waals surface area contributed by atoms with Crippen molar-refractivity contribution in [2.24, 2.45) is 0 Å². The fraction of sp³-hybridized carbons (Fsp3) is 0. The van der Waals surface area contributed by atoms with E-state index in [0.717, 1.165) is 0 Å². The predicted molar refractivity (Wildman–Crippen MR) is 46.1 cm³/mol. The molecule has 66 valence electrons. The molecule has 5 heteroatoms. The third-order valence-corrected chi connectivity index (χ3v) is 1.99. The number of aromatic hydroxyl groups is 1. The van der Waals surface area contributed by atoms with Gasteiger partial charge in [0.25, 0.3) is 11.7 Å². The number of carbonyl (C=O) groups is 2. The number of Topliss-reactive ketones (excluding diaryl/α,β-unsaturated/α-hetero) is 1. The fourth-order valence-electron chi connectivity index (χ4n) is 1.20. The fourth-order valence-corrected chi connectivity index (χ4v) is 1.41. The molecule has 0 saturated carbocycles. The van der Waals surface area contributed by atoms with E-state index in [9.17, 15) is 14.7 Å². The summed E-state index contributed by atoms with van der Waals surface area (Å²) in [5.41, 5.74) is 0.259. The number of anilines is 1. The van der Waals surface area contributed by atoms with Gasteiger partial charge >= 0.3 is 0 Å². The summed E-state index contributed by atoms with van der Waals surface area (Å²) in [6.07, 6.45) is 0. The van der Waals surface area contributed by atoms with Crippen LogP contribution in [-0.4, -0.2) is 16.8 Å². The lowest BCUT2D eigenvalue weighted by Gasteiger charge is -2.00. The van der Waals surface area contributed by atoms with E-state index in [4.69, 9.17) is 11.6 Å². The second-order valence-electron chi connectivity index (χ2n) is 2.63.